The van der Waals surface area contributed by atoms with Crippen LogP contribution in [0.4, 0.5) is 30.7 Å². The number of aromatic nitrogens is 8. The maximum atomic E-state index is 13.1. The summed E-state index contributed by atoms with van der Waals surface area (Å²) in [5.41, 5.74) is -1.58. The molecule has 260 valence electrons. The number of likely N-dealkylation sites (tertiary alicyclic amines) is 1. The summed E-state index contributed by atoms with van der Waals surface area (Å²) >= 11 is 0. The van der Waals surface area contributed by atoms with Crippen molar-refractivity contribution in [3.05, 3.63) is 71.1 Å². The van der Waals surface area contributed by atoms with E-state index in [0.29, 0.717) is 55.5 Å². The first-order valence-electron chi connectivity index (χ1n) is 15.0. The van der Waals surface area contributed by atoms with Crippen LogP contribution in [0, 0.1) is 5.82 Å². The van der Waals surface area contributed by atoms with Crippen molar-refractivity contribution in [3.63, 3.8) is 0 Å². The quantitative estimate of drug-likeness (QED) is 0.197. The van der Waals surface area contributed by atoms with Crippen molar-refractivity contribution in [1.29, 1.82) is 0 Å². The number of alkyl halides is 6. The number of hydrogen-bond acceptors (Lipinski definition) is 10. The van der Waals surface area contributed by atoms with Crippen LogP contribution in [0.3, 0.4) is 0 Å². The number of halogens is 7. The molecule has 1 aromatic carbocycles. The molecule has 0 spiro atoms. The van der Waals surface area contributed by atoms with Crippen molar-refractivity contribution in [3.8, 4) is 23.4 Å². The number of carbonyl (C=O) groups excluding carboxylic acids is 1. The molecule has 49 heavy (non-hydrogen) atoms. The van der Waals surface area contributed by atoms with Gasteiger partial charge in [0.05, 0.1) is 12.4 Å². The van der Waals surface area contributed by atoms with Gasteiger partial charge >= 0.3 is 12.4 Å². The van der Waals surface area contributed by atoms with Crippen molar-refractivity contribution < 1.29 is 44.6 Å². The normalized spacial score (nSPS) is 18.6. The van der Waals surface area contributed by atoms with Gasteiger partial charge in [-0.1, -0.05) is 10.3 Å². The smallest absolute Gasteiger partial charge is 0.338 e. The molecular formula is C29H27F7N10O3. The zero-order valence-electron chi connectivity index (χ0n) is 25.3. The SMILES string of the molecule is FC(F)(F)c1cnc(-c2nc([C@H]3CCCNC3)no2)[nH]1.O=C(c1ccc(F)cc1)N1CCC[C@H](c2noc(-c3ncc(C(F)(F)F)[nH]3)n2)C1. The first-order valence-corrected chi connectivity index (χ1v) is 15.0. The molecule has 5 aromatic rings. The molecule has 13 nitrogen and oxygen atoms in total. The lowest BCUT2D eigenvalue weighted by Gasteiger charge is -2.31. The van der Waals surface area contributed by atoms with E-state index in [1.54, 1.807) is 4.90 Å². The maximum absolute atomic E-state index is 13.1. The summed E-state index contributed by atoms with van der Waals surface area (Å²) in [5.74, 6) is -0.410. The second-order valence-electron chi connectivity index (χ2n) is 11.3. The fourth-order valence-electron chi connectivity index (χ4n) is 5.36. The van der Waals surface area contributed by atoms with Gasteiger partial charge in [-0.2, -0.15) is 36.3 Å². The summed E-state index contributed by atoms with van der Waals surface area (Å²) < 4.78 is 98.6. The Morgan fingerprint density at radius 1 is 0.796 bits per heavy atom. The molecule has 7 rings (SSSR count). The minimum atomic E-state index is -4.56. The molecule has 20 heteroatoms. The third kappa shape index (κ3) is 7.95. The largest absolute Gasteiger partial charge is 0.432 e. The van der Waals surface area contributed by atoms with Crippen molar-refractivity contribution in [1.82, 2.24) is 50.4 Å². The number of rotatable bonds is 5. The van der Waals surface area contributed by atoms with Crippen LogP contribution >= 0.6 is 0 Å². The second-order valence-corrected chi connectivity index (χ2v) is 11.3. The third-order valence-corrected chi connectivity index (χ3v) is 7.88. The minimum Gasteiger partial charge on any atom is -0.338 e. The number of imidazole rings is 2. The highest BCUT2D eigenvalue weighted by molar-refractivity contribution is 5.94. The molecule has 2 atom stereocenters. The first-order chi connectivity index (χ1) is 23.3. The lowest BCUT2D eigenvalue weighted by atomic mass is 9.96. The van der Waals surface area contributed by atoms with Crippen LogP contribution in [-0.4, -0.2) is 77.2 Å². The number of benzene rings is 1. The molecule has 2 aliphatic rings. The molecule has 1 amide bonds. The molecule has 0 aliphatic carbocycles. The van der Waals surface area contributed by atoms with E-state index in [1.165, 1.54) is 24.3 Å². The summed E-state index contributed by atoms with van der Waals surface area (Å²) in [4.78, 5) is 34.0. The summed E-state index contributed by atoms with van der Waals surface area (Å²) in [5, 5.41) is 10.9. The Balaban J connectivity index is 0.000000182. The minimum absolute atomic E-state index is 0.0268. The molecule has 4 aromatic heterocycles. The molecule has 3 N–H and O–H groups in total. The van der Waals surface area contributed by atoms with Gasteiger partial charge in [0.1, 0.15) is 17.2 Å². The maximum Gasteiger partial charge on any atom is 0.432 e. The van der Waals surface area contributed by atoms with Crippen molar-refractivity contribution in [2.24, 2.45) is 0 Å². The summed E-state index contributed by atoms with van der Waals surface area (Å²) in [7, 11) is 0. The molecule has 0 bridgehead atoms. The van der Waals surface area contributed by atoms with Crippen LogP contribution in [0.15, 0.2) is 45.7 Å². The number of hydrogen-bond donors (Lipinski definition) is 3. The zero-order chi connectivity index (χ0) is 34.8. The van der Waals surface area contributed by atoms with Crippen molar-refractivity contribution >= 4 is 5.91 Å². The third-order valence-electron chi connectivity index (χ3n) is 7.88. The van der Waals surface area contributed by atoms with Crippen LogP contribution in [0.5, 0.6) is 0 Å². The second kappa shape index (κ2) is 13.8. The van der Waals surface area contributed by atoms with Gasteiger partial charge in [0.15, 0.2) is 23.3 Å². The lowest BCUT2D eigenvalue weighted by molar-refractivity contribution is -0.141. The Labute approximate surface area is 271 Å². The summed E-state index contributed by atoms with van der Waals surface area (Å²) in [6.07, 6.45) is -4.34. The number of carbonyl (C=O) groups is 1. The van der Waals surface area contributed by atoms with E-state index in [2.05, 4.69) is 45.5 Å². The van der Waals surface area contributed by atoms with Crippen LogP contribution in [0.2, 0.25) is 0 Å². The fraction of sp³-hybridized carbons (Fsp3) is 0.414. The number of amides is 1. The predicted octanol–water partition coefficient (Wildman–Crippen LogP) is 5.58. The van der Waals surface area contributed by atoms with E-state index < -0.39 is 29.6 Å². The molecule has 2 fully saturated rings. The predicted molar refractivity (Wildman–Crippen MR) is 153 cm³/mol. The number of nitrogens with zero attached hydrogens (tertiary/aromatic N) is 7. The lowest BCUT2D eigenvalue weighted by Crippen LogP contribution is -2.39. The van der Waals surface area contributed by atoms with E-state index in [1.807, 2.05) is 0 Å². The summed E-state index contributed by atoms with van der Waals surface area (Å²) in [6, 6.07) is 5.28. The molecular weight excluding hydrogens is 669 g/mol. The Kier molecular flexibility index (Phi) is 9.48. The number of aromatic amines is 2. The monoisotopic (exact) mass is 696 g/mol. The highest BCUT2D eigenvalue weighted by atomic mass is 19.4. The molecule has 2 aliphatic heterocycles. The Bertz CT molecular complexity index is 1860. The molecule has 6 heterocycles. The van der Waals surface area contributed by atoms with E-state index in [0.717, 1.165) is 25.9 Å². The summed E-state index contributed by atoms with van der Waals surface area (Å²) in [6.45, 7) is 2.55. The topological polar surface area (TPSA) is 168 Å². The van der Waals surface area contributed by atoms with Gasteiger partial charge in [-0.15, -0.1) is 0 Å². The zero-order valence-corrected chi connectivity index (χ0v) is 25.3. The highest BCUT2D eigenvalue weighted by Gasteiger charge is 2.35. The molecule has 0 unspecified atom stereocenters. The van der Waals surface area contributed by atoms with Crippen molar-refractivity contribution in [2.75, 3.05) is 26.2 Å². The van der Waals surface area contributed by atoms with E-state index >= 15 is 0 Å². The van der Waals surface area contributed by atoms with Crippen LogP contribution in [0.1, 0.15) is 70.9 Å². The Morgan fingerprint density at radius 2 is 1.35 bits per heavy atom. The Hall–Kier alpha value is -5.14. The molecule has 0 saturated carbocycles. The average molecular weight is 697 g/mol. The van der Waals surface area contributed by atoms with Gasteiger partial charge in [-0.3, -0.25) is 4.79 Å². The van der Waals surface area contributed by atoms with Gasteiger partial charge in [-0.25, -0.2) is 14.4 Å². The standard InChI is InChI=1S/C18H15F4N5O2.C11H12F3N5O/c19-12-5-3-10(4-6-12)17(28)27-7-1-2-11(9-27)14-25-16(29-26-14)15-23-8-13(24-15)18(20,21)22;12-11(13,14)7-5-16-9(17-7)10-18-8(19-20-10)6-2-1-3-15-4-6/h3-6,8,11H,1-2,7,9H2,(H,23,24);5-6,15H,1-4H2,(H,16,17)/t11-;6-/m00/s1. The van der Waals surface area contributed by atoms with E-state index in [9.17, 15) is 35.5 Å². The average Bonchev–Trinajstić information content (AvgIpc) is 3.91. The number of nitrogens with one attached hydrogen (secondary N) is 3. The molecule has 2 saturated heterocycles. The van der Waals surface area contributed by atoms with Crippen LogP contribution in [-0.2, 0) is 12.4 Å². The molecule has 0 radical (unpaired) electrons. The highest BCUT2D eigenvalue weighted by Crippen LogP contribution is 2.32. The number of piperidine rings is 2. The van der Waals surface area contributed by atoms with Gasteiger partial charge in [0.25, 0.3) is 17.7 Å². The van der Waals surface area contributed by atoms with Gasteiger partial charge in [0.2, 0.25) is 0 Å². The van der Waals surface area contributed by atoms with Crippen molar-refractivity contribution in [2.45, 2.75) is 49.9 Å². The first kappa shape index (κ1) is 33.7. The van der Waals surface area contributed by atoms with E-state index in [4.69, 9.17) is 9.05 Å². The van der Waals surface area contributed by atoms with Gasteiger partial charge in [-0.05, 0) is 56.5 Å². The number of H-pyrrole nitrogens is 2. The fourth-order valence-corrected chi connectivity index (χ4v) is 5.36. The Morgan fingerprint density at radius 3 is 1.86 bits per heavy atom. The van der Waals surface area contributed by atoms with Gasteiger partial charge < -0.3 is 29.2 Å². The van der Waals surface area contributed by atoms with Gasteiger partial charge in [0, 0.05) is 37.0 Å². The van der Waals surface area contributed by atoms with E-state index in [-0.39, 0.29) is 41.2 Å². The van der Waals surface area contributed by atoms with Crippen LogP contribution < -0.4 is 5.32 Å². The van der Waals surface area contributed by atoms with Crippen LogP contribution in [0.25, 0.3) is 23.4 Å².